The number of hydrogen-bond donors (Lipinski definition) is 2. The number of hydrogen-bond acceptors (Lipinski definition) is 3. The Bertz CT molecular complexity index is 450. The Morgan fingerprint density at radius 3 is 2.80 bits per heavy atom. The average molecular weight is 296 g/mol. The Kier molecular flexibility index (Phi) is 5.26. The lowest BCUT2D eigenvalue weighted by molar-refractivity contribution is 0.0945. The molecule has 3 N–H and O–H groups in total. The number of piperidine rings is 1. The van der Waals surface area contributed by atoms with Crippen LogP contribution in [0.25, 0.3) is 0 Å². The monoisotopic (exact) mass is 295 g/mol. The molecular weight excluding hydrogens is 274 g/mol. The lowest BCUT2D eigenvalue weighted by atomic mass is 9.99. The van der Waals surface area contributed by atoms with Crippen LogP contribution in [0.2, 0.25) is 5.02 Å². The zero-order valence-electron chi connectivity index (χ0n) is 11.9. The van der Waals surface area contributed by atoms with Crippen LogP contribution in [0, 0.1) is 5.92 Å². The van der Waals surface area contributed by atoms with Crippen molar-refractivity contribution < 1.29 is 4.79 Å². The van der Waals surface area contributed by atoms with Crippen molar-refractivity contribution in [3.8, 4) is 0 Å². The Hall–Kier alpha value is -1.26. The van der Waals surface area contributed by atoms with Gasteiger partial charge in [0.2, 0.25) is 0 Å². The second-order valence-electron chi connectivity index (χ2n) is 5.48. The fourth-order valence-electron chi connectivity index (χ4n) is 2.48. The molecule has 0 aliphatic carbocycles. The highest BCUT2D eigenvalue weighted by Gasteiger charge is 2.16. The van der Waals surface area contributed by atoms with Gasteiger partial charge < -0.3 is 16.0 Å². The van der Waals surface area contributed by atoms with E-state index in [9.17, 15) is 4.79 Å². The van der Waals surface area contributed by atoms with Gasteiger partial charge in [-0.3, -0.25) is 4.79 Å². The number of halogens is 1. The molecule has 0 atom stereocenters. The van der Waals surface area contributed by atoms with Gasteiger partial charge in [-0.15, -0.1) is 0 Å². The smallest absolute Gasteiger partial charge is 0.254 e. The summed E-state index contributed by atoms with van der Waals surface area (Å²) in [6.45, 7) is 6.02. The Labute approximate surface area is 125 Å². The van der Waals surface area contributed by atoms with Gasteiger partial charge in [-0.05, 0) is 44.0 Å². The Balaban J connectivity index is 1.81. The standard InChI is InChI=1S/C15H22ClN3O/c1-11-5-8-19(9-6-11)10-7-18-15(20)14-12(16)3-2-4-13(14)17/h2-4,11H,5-10,17H2,1H3,(H,18,20). The molecule has 0 spiro atoms. The van der Waals surface area contributed by atoms with Gasteiger partial charge in [-0.2, -0.15) is 0 Å². The van der Waals surface area contributed by atoms with Crippen LogP contribution in [0.3, 0.4) is 0 Å². The number of nitrogens with zero attached hydrogens (tertiary/aromatic N) is 1. The first-order valence-corrected chi connectivity index (χ1v) is 7.50. The van der Waals surface area contributed by atoms with Gasteiger partial charge in [0.05, 0.1) is 10.6 Å². The maximum Gasteiger partial charge on any atom is 0.254 e. The van der Waals surface area contributed by atoms with Crippen LogP contribution in [-0.4, -0.2) is 37.0 Å². The van der Waals surface area contributed by atoms with Crippen LogP contribution in [0.1, 0.15) is 30.1 Å². The van der Waals surface area contributed by atoms with E-state index < -0.39 is 0 Å². The zero-order chi connectivity index (χ0) is 14.5. The molecule has 0 bridgehead atoms. The fraction of sp³-hybridized carbons (Fsp3) is 0.533. The van der Waals surface area contributed by atoms with Crippen molar-refractivity contribution in [1.29, 1.82) is 0 Å². The summed E-state index contributed by atoms with van der Waals surface area (Å²) < 4.78 is 0. The zero-order valence-corrected chi connectivity index (χ0v) is 12.6. The molecule has 1 aliphatic rings. The summed E-state index contributed by atoms with van der Waals surface area (Å²) in [6.07, 6.45) is 2.48. The molecule has 4 nitrogen and oxygen atoms in total. The SMILES string of the molecule is CC1CCN(CCNC(=O)c2c(N)cccc2Cl)CC1. The molecule has 2 rings (SSSR count). The minimum absolute atomic E-state index is 0.196. The summed E-state index contributed by atoms with van der Waals surface area (Å²) in [4.78, 5) is 14.5. The second kappa shape index (κ2) is 6.95. The van der Waals surface area contributed by atoms with Crippen molar-refractivity contribution in [1.82, 2.24) is 10.2 Å². The third-order valence-corrected chi connectivity index (χ3v) is 4.18. The number of amides is 1. The highest BCUT2D eigenvalue weighted by molar-refractivity contribution is 6.34. The number of nitrogen functional groups attached to an aromatic ring is 1. The molecule has 1 heterocycles. The van der Waals surface area contributed by atoms with Crippen molar-refractivity contribution in [3.05, 3.63) is 28.8 Å². The number of nitrogens with one attached hydrogen (secondary N) is 1. The third kappa shape index (κ3) is 3.87. The lowest BCUT2D eigenvalue weighted by Crippen LogP contribution is -2.39. The van der Waals surface area contributed by atoms with Gasteiger partial charge in [0.15, 0.2) is 0 Å². The molecule has 0 unspecified atom stereocenters. The summed E-state index contributed by atoms with van der Waals surface area (Å²) in [5.41, 5.74) is 6.59. The van der Waals surface area contributed by atoms with E-state index in [4.69, 9.17) is 17.3 Å². The maximum absolute atomic E-state index is 12.1. The van der Waals surface area contributed by atoms with Crippen LogP contribution in [0.15, 0.2) is 18.2 Å². The predicted octanol–water partition coefficient (Wildman–Crippen LogP) is 2.38. The van der Waals surface area contributed by atoms with Crippen LogP contribution in [0.4, 0.5) is 5.69 Å². The molecule has 1 fully saturated rings. The van der Waals surface area contributed by atoms with E-state index in [0.29, 0.717) is 22.8 Å². The quantitative estimate of drug-likeness (QED) is 0.839. The third-order valence-electron chi connectivity index (χ3n) is 3.86. The van der Waals surface area contributed by atoms with Crippen molar-refractivity contribution in [3.63, 3.8) is 0 Å². The van der Waals surface area contributed by atoms with Gasteiger partial charge >= 0.3 is 0 Å². The minimum atomic E-state index is -0.196. The average Bonchev–Trinajstić information content (AvgIpc) is 2.41. The van der Waals surface area contributed by atoms with Crippen molar-refractivity contribution in [2.45, 2.75) is 19.8 Å². The largest absolute Gasteiger partial charge is 0.398 e. The van der Waals surface area contributed by atoms with Crippen molar-refractivity contribution in [2.24, 2.45) is 5.92 Å². The molecule has 0 aromatic heterocycles. The number of anilines is 1. The molecule has 1 amide bonds. The van der Waals surface area contributed by atoms with Gasteiger partial charge in [0.1, 0.15) is 0 Å². The van der Waals surface area contributed by atoms with Crippen LogP contribution in [0.5, 0.6) is 0 Å². The highest BCUT2D eigenvalue weighted by Crippen LogP contribution is 2.21. The van der Waals surface area contributed by atoms with Crippen LogP contribution < -0.4 is 11.1 Å². The number of rotatable bonds is 4. The molecule has 1 aliphatic heterocycles. The number of benzene rings is 1. The molecule has 1 saturated heterocycles. The number of nitrogens with two attached hydrogens (primary N) is 1. The molecule has 20 heavy (non-hydrogen) atoms. The molecular formula is C15H22ClN3O. The number of likely N-dealkylation sites (tertiary alicyclic amines) is 1. The van der Waals surface area contributed by atoms with E-state index in [0.717, 1.165) is 25.6 Å². The molecule has 0 radical (unpaired) electrons. The van der Waals surface area contributed by atoms with Crippen LogP contribution in [-0.2, 0) is 0 Å². The first kappa shape index (κ1) is 15.1. The summed E-state index contributed by atoms with van der Waals surface area (Å²) in [6, 6.07) is 5.11. The van der Waals surface area contributed by atoms with E-state index in [1.807, 2.05) is 0 Å². The van der Waals surface area contributed by atoms with Crippen molar-refractivity contribution >= 4 is 23.2 Å². The van der Waals surface area contributed by atoms with Gasteiger partial charge in [-0.25, -0.2) is 0 Å². The molecule has 5 heteroatoms. The number of carbonyl (C=O) groups excluding carboxylic acids is 1. The first-order valence-electron chi connectivity index (χ1n) is 7.12. The lowest BCUT2D eigenvalue weighted by Gasteiger charge is -2.30. The van der Waals surface area contributed by atoms with E-state index in [1.54, 1.807) is 18.2 Å². The summed E-state index contributed by atoms with van der Waals surface area (Å²) in [5, 5.41) is 3.29. The van der Waals surface area contributed by atoms with E-state index >= 15 is 0 Å². The van der Waals surface area contributed by atoms with Gasteiger partial charge in [0, 0.05) is 18.8 Å². The second-order valence-corrected chi connectivity index (χ2v) is 5.89. The topological polar surface area (TPSA) is 58.4 Å². The normalized spacial score (nSPS) is 17.1. The van der Waals surface area contributed by atoms with Crippen molar-refractivity contribution in [2.75, 3.05) is 31.9 Å². The minimum Gasteiger partial charge on any atom is -0.398 e. The van der Waals surface area contributed by atoms with E-state index in [-0.39, 0.29) is 5.91 Å². The maximum atomic E-state index is 12.1. The number of carbonyl (C=O) groups is 1. The van der Waals surface area contributed by atoms with Crippen LogP contribution >= 0.6 is 11.6 Å². The van der Waals surface area contributed by atoms with Gasteiger partial charge in [0.25, 0.3) is 5.91 Å². The fourth-order valence-corrected chi connectivity index (χ4v) is 2.75. The highest BCUT2D eigenvalue weighted by atomic mass is 35.5. The van der Waals surface area contributed by atoms with E-state index in [2.05, 4.69) is 17.1 Å². The molecule has 0 saturated carbocycles. The van der Waals surface area contributed by atoms with Gasteiger partial charge in [-0.1, -0.05) is 24.6 Å². The summed E-state index contributed by atoms with van der Waals surface area (Å²) in [7, 11) is 0. The Morgan fingerprint density at radius 2 is 2.15 bits per heavy atom. The Morgan fingerprint density at radius 1 is 1.45 bits per heavy atom. The summed E-state index contributed by atoms with van der Waals surface area (Å²) in [5.74, 6) is 0.627. The molecule has 110 valence electrons. The van der Waals surface area contributed by atoms with E-state index in [1.165, 1.54) is 12.8 Å². The molecule has 1 aromatic rings. The summed E-state index contributed by atoms with van der Waals surface area (Å²) >= 11 is 6.02. The molecule has 1 aromatic carbocycles. The predicted molar refractivity (Wildman–Crippen MR) is 83.0 cm³/mol. The first-order chi connectivity index (χ1) is 9.58.